The van der Waals surface area contributed by atoms with Crippen LogP contribution in [0.2, 0.25) is 0 Å². The molecular weight excluding hydrogens is 298 g/mol. The minimum atomic E-state index is -1.17. The van der Waals surface area contributed by atoms with E-state index in [0.29, 0.717) is 13.2 Å². The summed E-state index contributed by atoms with van der Waals surface area (Å²) in [5.74, 6) is -1.57. The summed E-state index contributed by atoms with van der Waals surface area (Å²) in [7, 11) is 0. The standard InChI is InChI=1S/C17H25NO5/c1-5-9-18(13-10-14(22-6-2)17(13,3)4)15(19)11-7-8-12(23-11)16(20)21/h7-8,13-14H,5-6,9-10H2,1-4H3,(H,20,21). The largest absolute Gasteiger partial charge is 0.475 e. The number of aromatic carboxylic acids is 1. The second-order valence-electron chi connectivity index (χ2n) is 6.48. The topological polar surface area (TPSA) is 80.0 Å². The maximum atomic E-state index is 12.8. The number of carbonyl (C=O) groups is 2. The van der Waals surface area contributed by atoms with Gasteiger partial charge in [0, 0.05) is 24.6 Å². The molecule has 0 aromatic carbocycles. The predicted octanol–water partition coefficient (Wildman–Crippen LogP) is 3.03. The summed E-state index contributed by atoms with van der Waals surface area (Å²) in [6, 6.07) is 2.80. The highest BCUT2D eigenvalue weighted by Crippen LogP contribution is 2.46. The van der Waals surface area contributed by atoms with E-state index in [1.165, 1.54) is 12.1 Å². The Labute approximate surface area is 136 Å². The Morgan fingerprint density at radius 1 is 1.35 bits per heavy atom. The van der Waals surface area contributed by atoms with Gasteiger partial charge in [-0.3, -0.25) is 4.79 Å². The number of hydrogen-bond donors (Lipinski definition) is 1. The first-order valence-electron chi connectivity index (χ1n) is 8.08. The van der Waals surface area contributed by atoms with Gasteiger partial charge in [-0.15, -0.1) is 0 Å². The molecule has 0 aliphatic heterocycles. The van der Waals surface area contributed by atoms with Gasteiger partial charge >= 0.3 is 5.97 Å². The highest BCUT2D eigenvalue weighted by molar-refractivity contribution is 5.93. The molecule has 1 saturated carbocycles. The van der Waals surface area contributed by atoms with Crippen LogP contribution < -0.4 is 0 Å². The van der Waals surface area contributed by atoms with Crippen LogP contribution in [0.1, 0.15) is 61.6 Å². The number of carboxylic acid groups (broad SMARTS) is 1. The van der Waals surface area contributed by atoms with E-state index < -0.39 is 5.97 Å². The van der Waals surface area contributed by atoms with Crippen molar-refractivity contribution in [3.63, 3.8) is 0 Å². The van der Waals surface area contributed by atoms with Gasteiger partial charge in [0.2, 0.25) is 5.76 Å². The highest BCUT2D eigenvalue weighted by atomic mass is 16.5. The predicted molar refractivity (Wildman–Crippen MR) is 84.6 cm³/mol. The number of rotatable bonds is 7. The second-order valence-corrected chi connectivity index (χ2v) is 6.48. The molecule has 128 valence electrons. The van der Waals surface area contributed by atoms with E-state index in [-0.39, 0.29) is 35.0 Å². The number of carbonyl (C=O) groups excluding carboxylic acids is 1. The maximum Gasteiger partial charge on any atom is 0.371 e. The molecule has 1 N–H and O–H groups in total. The molecule has 2 unspecified atom stereocenters. The lowest BCUT2D eigenvalue weighted by molar-refractivity contribution is -0.141. The summed E-state index contributed by atoms with van der Waals surface area (Å²) < 4.78 is 10.9. The fourth-order valence-corrected chi connectivity index (χ4v) is 3.23. The lowest BCUT2D eigenvalue weighted by atomic mass is 9.63. The van der Waals surface area contributed by atoms with Crippen molar-refractivity contribution in [1.82, 2.24) is 4.90 Å². The molecule has 1 aromatic heterocycles. The first-order chi connectivity index (χ1) is 10.8. The Morgan fingerprint density at radius 3 is 2.48 bits per heavy atom. The van der Waals surface area contributed by atoms with Crippen molar-refractivity contribution in [3.05, 3.63) is 23.7 Å². The molecule has 0 saturated heterocycles. The van der Waals surface area contributed by atoms with E-state index in [9.17, 15) is 9.59 Å². The molecule has 1 amide bonds. The zero-order valence-electron chi connectivity index (χ0n) is 14.2. The SMILES string of the molecule is CCCN(C(=O)c1ccc(C(=O)O)o1)C1CC(OCC)C1(C)C. The quantitative estimate of drug-likeness (QED) is 0.834. The molecule has 6 heteroatoms. The zero-order chi connectivity index (χ0) is 17.2. The molecule has 2 rings (SSSR count). The molecule has 1 heterocycles. The fraction of sp³-hybridized carbons (Fsp3) is 0.647. The third kappa shape index (κ3) is 3.27. The summed E-state index contributed by atoms with van der Waals surface area (Å²) in [5, 5.41) is 8.93. The van der Waals surface area contributed by atoms with Gasteiger partial charge in [-0.1, -0.05) is 20.8 Å². The Kier molecular flexibility index (Phi) is 5.14. The third-order valence-corrected chi connectivity index (χ3v) is 4.62. The summed E-state index contributed by atoms with van der Waals surface area (Å²) in [5.41, 5.74) is -0.136. The third-order valence-electron chi connectivity index (χ3n) is 4.62. The van der Waals surface area contributed by atoms with E-state index in [2.05, 4.69) is 13.8 Å². The lowest BCUT2D eigenvalue weighted by Crippen LogP contribution is -2.63. The Morgan fingerprint density at radius 2 is 2.00 bits per heavy atom. The summed E-state index contributed by atoms with van der Waals surface area (Å²) in [4.78, 5) is 25.5. The molecule has 23 heavy (non-hydrogen) atoms. The summed E-state index contributed by atoms with van der Waals surface area (Å²) >= 11 is 0. The van der Waals surface area contributed by atoms with E-state index in [1.54, 1.807) is 4.90 Å². The van der Waals surface area contributed by atoms with Crippen LogP contribution in [0.3, 0.4) is 0 Å². The van der Waals surface area contributed by atoms with Gasteiger partial charge in [-0.05, 0) is 31.9 Å². The normalized spacial score (nSPS) is 22.4. The van der Waals surface area contributed by atoms with Gasteiger partial charge in [0.15, 0.2) is 5.76 Å². The monoisotopic (exact) mass is 323 g/mol. The minimum absolute atomic E-state index is 0.0601. The van der Waals surface area contributed by atoms with E-state index in [0.717, 1.165) is 12.8 Å². The molecule has 0 spiro atoms. The molecule has 0 radical (unpaired) electrons. The number of hydrogen-bond acceptors (Lipinski definition) is 4. The molecule has 1 fully saturated rings. The van der Waals surface area contributed by atoms with E-state index in [4.69, 9.17) is 14.3 Å². The van der Waals surface area contributed by atoms with Crippen molar-refractivity contribution in [2.75, 3.05) is 13.2 Å². The molecule has 2 atom stereocenters. The second kappa shape index (κ2) is 6.74. The molecular formula is C17H25NO5. The van der Waals surface area contributed by atoms with Crippen LogP contribution >= 0.6 is 0 Å². The molecule has 1 aliphatic rings. The Hall–Kier alpha value is -1.82. The number of ether oxygens (including phenoxy) is 1. The van der Waals surface area contributed by atoms with Gasteiger partial charge < -0.3 is 19.2 Å². The Bertz CT molecular complexity index is 577. The van der Waals surface area contributed by atoms with Gasteiger partial charge in [0.05, 0.1) is 6.10 Å². The summed E-state index contributed by atoms with van der Waals surface area (Å²) in [6.45, 7) is 9.44. The van der Waals surface area contributed by atoms with Gasteiger partial charge in [-0.25, -0.2) is 4.79 Å². The molecule has 0 bridgehead atoms. The number of carboxylic acids is 1. The minimum Gasteiger partial charge on any atom is -0.475 e. The van der Waals surface area contributed by atoms with Crippen molar-refractivity contribution < 1.29 is 23.8 Å². The fourth-order valence-electron chi connectivity index (χ4n) is 3.23. The van der Waals surface area contributed by atoms with Crippen molar-refractivity contribution in [3.8, 4) is 0 Å². The first-order valence-corrected chi connectivity index (χ1v) is 8.08. The maximum absolute atomic E-state index is 12.8. The number of amides is 1. The molecule has 1 aromatic rings. The van der Waals surface area contributed by atoms with Crippen LogP contribution in [0, 0.1) is 5.41 Å². The smallest absolute Gasteiger partial charge is 0.371 e. The average molecular weight is 323 g/mol. The van der Waals surface area contributed by atoms with E-state index in [1.807, 2.05) is 13.8 Å². The Balaban J connectivity index is 2.18. The van der Waals surface area contributed by atoms with Crippen molar-refractivity contribution in [2.24, 2.45) is 5.41 Å². The van der Waals surface area contributed by atoms with Crippen LogP contribution in [0.4, 0.5) is 0 Å². The van der Waals surface area contributed by atoms with Gasteiger partial charge in [0.25, 0.3) is 5.91 Å². The van der Waals surface area contributed by atoms with Crippen LogP contribution in [0.5, 0.6) is 0 Å². The molecule has 1 aliphatic carbocycles. The van der Waals surface area contributed by atoms with Crippen LogP contribution in [-0.4, -0.2) is 47.2 Å². The zero-order valence-corrected chi connectivity index (χ0v) is 14.2. The first kappa shape index (κ1) is 17.5. The van der Waals surface area contributed by atoms with Crippen molar-refractivity contribution in [2.45, 2.75) is 52.7 Å². The highest BCUT2D eigenvalue weighted by Gasteiger charge is 2.52. The van der Waals surface area contributed by atoms with Crippen molar-refractivity contribution in [1.29, 1.82) is 0 Å². The van der Waals surface area contributed by atoms with Gasteiger partial charge in [0.1, 0.15) is 0 Å². The molecule has 6 nitrogen and oxygen atoms in total. The van der Waals surface area contributed by atoms with Crippen LogP contribution in [0.15, 0.2) is 16.5 Å². The average Bonchev–Trinajstić information content (AvgIpc) is 2.99. The van der Waals surface area contributed by atoms with Gasteiger partial charge in [-0.2, -0.15) is 0 Å². The lowest BCUT2D eigenvalue weighted by Gasteiger charge is -2.55. The number of nitrogens with zero attached hydrogens (tertiary/aromatic N) is 1. The van der Waals surface area contributed by atoms with E-state index >= 15 is 0 Å². The van der Waals surface area contributed by atoms with Crippen molar-refractivity contribution >= 4 is 11.9 Å². The van der Waals surface area contributed by atoms with Crippen LogP contribution in [0.25, 0.3) is 0 Å². The van der Waals surface area contributed by atoms with Crippen LogP contribution in [-0.2, 0) is 4.74 Å². The number of furan rings is 1. The summed E-state index contributed by atoms with van der Waals surface area (Å²) in [6.07, 6.45) is 1.75.